The van der Waals surface area contributed by atoms with Gasteiger partial charge in [0, 0.05) is 6.04 Å². The van der Waals surface area contributed by atoms with E-state index in [9.17, 15) is 14.0 Å². The molecule has 1 unspecified atom stereocenters. The van der Waals surface area contributed by atoms with E-state index in [-0.39, 0.29) is 0 Å². The van der Waals surface area contributed by atoms with Crippen molar-refractivity contribution in [1.29, 1.82) is 0 Å². The lowest BCUT2D eigenvalue weighted by atomic mass is 10.2. The molecule has 1 rings (SSSR count). The molecule has 0 radical (unpaired) electrons. The van der Waals surface area contributed by atoms with E-state index in [2.05, 4.69) is 4.99 Å². The molecule has 0 aromatic heterocycles. The number of alkyl halides is 1. The average molecular weight is 207 g/mol. The molecule has 1 heterocycles. The maximum absolute atomic E-state index is 12.9. The summed E-state index contributed by atoms with van der Waals surface area (Å²) in [6.07, 6.45) is -2.00. The second-order valence-electron chi connectivity index (χ2n) is 2.88. The molecular formula is C7H8ClFN2O2. The van der Waals surface area contributed by atoms with Gasteiger partial charge in [-0.25, -0.2) is 9.18 Å². The van der Waals surface area contributed by atoms with Gasteiger partial charge in [0.05, 0.1) is 0 Å². The minimum atomic E-state index is -2.00. The number of urea groups is 1. The number of rotatable bonds is 1. The predicted octanol–water partition coefficient (Wildman–Crippen LogP) is 1.33. The zero-order valence-electron chi connectivity index (χ0n) is 7.12. The summed E-state index contributed by atoms with van der Waals surface area (Å²) >= 11 is 5.23. The zero-order chi connectivity index (χ0) is 10.2. The predicted molar refractivity (Wildman–Crippen MR) is 45.6 cm³/mol. The molecule has 1 aliphatic rings. The molecule has 1 atom stereocenters. The van der Waals surface area contributed by atoms with Crippen LogP contribution in [0, 0.1) is 0 Å². The monoisotopic (exact) mass is 206 g/mol. The van der Waals surface area contributed by atoms with Gasteiger partial charge in [-0.3, -0.25) is 9.69 Å². The van der Waals surface area contributed by atoms with Crippen LogP contribution in [0.1, 0.15) is 13.8 Å². The number of nitrogens with zero attached hydrogens (tertiary/aromatic N) is 2. The Morgan fingerprint density at radius 2 is 2.08 bits per heavy atom. The van der Waals surface area contributed by atoms with Gasteiger partial charge in [0.25, 0.3) is 5.91 Å². The fourth-order valence-electron chi connectivity index (χ4n) is 0.996. The lowest BCUT2D eigenvalue weighted by molar-refractivity contribution is -0.132. The molecule has 0 spiro atoms. The molecule has 0 aliphatic carbocycles. The average Bonchev–Trinajstić information content (AvgIpc) is 1.99. The first-order valence-electron chi connectivity index (χ1n) is 3.70. The van der Waals surface area contributed by atoms with Gasteiger partial charge in [-0.05, 0) is 13.8 Å². The van der Waals surface area contributed by atoms with Crippen molar-refractivity contribution in [2.45, 2.75) is 26.1 Å². The van der Waals surface area contributed by atoms with Crippen LogP contribution in [-0.2, 0) is 4.79 Å². The van der Waals surface area contributed by atoms with Gasteiger partial charge in [-0.15, -0.1) is 0 Å². The van der Waals surface area contributed by atoms with E-state index in [1.165, 1.54) is 0 Å². The summed E-state index contributed by atoms with van der Waals surface area (Å²) in [6, 6.07) is -1.22. The normalized spacial score (nSPS) is 23.9. The van der Waals surface area contributed by atoms with E-state index in [4.69, 9.17) is 11.6 Å². The molecule has 72 valence electrons. The van der Waals surface area contributed by atoms with E-state index in [0.717, 1.165) is 4.90 Å². The molecule has 0 aromatic rings. The van der Waals surface area contributed by atoms with Crippen LogP contribution in [0.5, 0.6) is 0 Å². The van der Waals surface area contributed by atoms with Gasteiger partial charge >= 0.3 is 6.03 Å². The van der Waals surface area contributed by atoms with E-state index in [1.807, 2.05) is 0 Å². The van der Waals surface area contributed by atoms with E-state index in [1.54, 1.807) is 13.8 Å². The van der Waals surface area contributed by atoms with Crippen LogP contribution in [0.4, 0.5) is 9.18 Å². The van der Waals surface area contributed by atoms with Gasteiger partial charge in [0.15, 0.2) is 5.17 Å². The summed E-state index contributed by atoms with van der Waals surface area (Å²) in [6.45, 7) is 3.19. The van der Waals surface area contributed by atoms with Crippen molar-refractivity contribution in [2.24, 2.45) is 4.99 Å². The molecule has 0 aromatic carbocycles. The number of hydrogen-bond donors (Lipinski definition) is 0. The van der Waals surface area contributed by atoms with E-state index in [0.29, 0.717) is 0 Å². The SMILES string of the molecule is CC(C)N1C(=O)N=C(Cl)C(F)C1=O. The first kappa shape index (κ1) is 10.1. The Morgan fingerprint density at radius 3 is 2.54 bits per heavy atom. The Morgan fingerprint density at radius 1 is 1.54 bits per heavy atom. The highest BCUT2D eigenvalue weighted by Crippen LogP contribution is 2.15. The lowest BCUT2D eigenvalue weighted by Crippen LogP contribution is -2.49. The summed E-state index contributed by atoms with van der Waals surface area (Å²) in [7, 11) is 0. The number of carbonyl (C=O) groups excluding carboxylic acids is 2. The van der Waals surface area contributed by atoms with Crippen molar-refractivity contribution >= 4 is 28.7 Å². The molecule has 13 heavy (non-hydrogen) atoms. The lowest BCUT2D eigenvalue weighted by Gasteiger charge is -2.26. The number of carbonyl (C=O) groups is 2. The molecule has 0 fully saturated rings. The number of halogens is 2. The summed E-state index contributed by atoms with van der Waals surface area (Å²) in [5, 5.41) is -0.591. The first-order chi connectivity index (χ1) is 5.95. The maximum atomic E-state index is 12.9. The molecule has 3 amide bonds. The standard InChI is InChI=1S/C7H8ClFN2O2/c1-3(2)11-6(12)4(9)5(8)10-7(11)13/h3-4H,1-2H3. The number of aliphatic imine (C=N–C) groups is 1. The van der Waals surface area contributed by atoms with Gasteiger partial charge < -0.3 is 0 Å². The maximum Gasteiger partial charge on any atom is 0.351 e. The van der Waals surface area contributed by atoms with Crippen molar-refractivity contribution in [3.63, 3.8) is 0 Å². The van der Waals surface area contributed by atoms with Crippen LogP contribution in [0.3, 0.4) is 0 Å². The molecule has 0 saturated heterocycles. The third kappa shape index (κ3) is 1.70. The smallest absolute Gasteiger partial charge is 0.270 e. The van der Waals surface area contributed by atoms with Crippen LogP contribution in [0.25, 0.3) is 0 Å². The van der Waals surface area contributed by atoms with Gasteiger partial charge in [0.1, 0.15) is 0 Å². The van der Waals surface area contributed by atoms with Crippen LogP contribution in [0.2, 0.25) is 0 Å². The minimum absolute atomic E-state index is 0.410. The van der Waals surface area contributed by atoms with Crippen LogP contribution in [-0.4, -0.2) is 34.2 Å². The third-order valence-corrected chi connectivity index (χ3v) is 1.86. The highest BCUT2D eigenvalue weighted by molar-refractivity contribution is 6.69. The molecular weight excluding hydrogens is 199 g/mol. The molecule has 1 aliphatic heterocycles. The Labute approximate surface area is 79.4 Å². The number of amides is 3. The zero-order valence-corrected chi connectivity index (χ0v) is 7.88. The minimum Gasteiger partial charge on any atom is -0.270 e. The third-order valence-electron chi connectivity index (χ3n) is 1.59. The Kier molecular flexibility index (Phi) is 2.66. The van der Waals surface area contributed by atoms with Crippen molar-refractivity contribution < 1.29 is 14.0 Å². The largest absolute Gasteiger partial charge is 0.351 e. The van der Waals surface area contributed by atoms with Crippen LogP contribution < -0.4 is 0 Å². The molecule has 0 saturated carbocycles. The van der Waals surface area contributed by atoms with Gasteiger partial charge in [-0.1, -0.05) is 11.6 Å². The van der Waals surface area contributed by atoms with E-state index >= 15 is 0 Å². The Bertz CT molecular complexity index is 290. The summed E-state index contributed by atoms with van der Waals surface area (Å²) in [5.74, 6) is -0.944. The van der Waals surface area contributed by atoms with Crippen molar-refractivity contribution in [2.75, 3.05) is 0 Å². The van der Waals surface area contributed by atoms with E-state index < -0.39 is 29.3 Å². The quantitative estimate of drug-likeness (QED) is 0.650. The summed E-state index contributed by atoms with van der Waals surface area (Å²) < 4.78 is 12.9. The van der Waals surface area contributed by atoms with Gasteiger partial charge in [-0.2, -0.15) is 4.99 Å². The second-order valence-corrected chi connectivity index (χ2v) is 3.27. The van der Waals surface area contributed by atoms with Crippen molar-refractivity contribution in [1.82, 2.24) is 4.90 Å². The fourth-order valence-corrected chi connectivity index (χ4v) is 1.16. The molecule has 0 bridgehead atoms. The van der Waals surface area contributed by atoms with Gasteiger partial charge in [0.2, 0.25) is 6.17 Å². The number of hydrogen-bond acceptors (Lipinski definition) is 2. The highest BCUT2D eigenvalue weighted by Gasteiger charge is 2.38. The van der Waals surface area contributed by atoms with Crippen LogP contribution in [0.15, 0.2) is 4.99 Å². The highest BCUT2D eigenvalue weighted by atomic mass is 35.5. The molecule has 4 nitrogen and oxygen atoms in total. The van der Waals surface area contributed by atoms with Crippen LogP contribution >= 0.6 is 11.6 Å². The van der Waals surface area contributed by atoms with Crippen molar-refractivity contribution in [3.8, 4) is 0 Å². The fraction of sp³-hybridized carbons (Fsp3) is 0.571. The number of imide groups is 1. The Hall–Kier alpha value is -0.970. The topological polar surface area (TPSA) is 49.7 Å². The molecule has 0 N–H and O–H groups in total. The summed E-state index contributed by atoms with van der Waals surface area (Å²) in [5.41, 5.74) is 0. The van der Waals surface area contributed by atoms with Crippen molar-refractivity contribution in [3.05, 3.63) is 0 Å². The Balaban J connectivity index is 3.03. The second kappa shape index (κ2) is 3.41. The summed E-state index contributed by atoms with van der Waals surface area (Å²) in [4.78, 5) is 26.2. The first-order valence-corrected chi connectivity index (χ1v) is 4.08. The molecule has 6 heteroatoms.